The maximum Gasteiger partial charge on any atom is 0.0533 e. The van der Waals surface area contributed by atoms with E-state index in [2.05, 4.69) is 54.9 Å². The molecule has 0 heterocycles. The van der Waals surface area contributed by atoms with Gasteiger partial charge in [0, 0.05) is 9.89 Å². The van der Waals surface area contributed by atoms with Crippen molar-refractivity contribution in [3.05, 3.63) is 33.8 Å². The maximum absolute atomic E-state index is 9.59. The molecule has 0 aliphatic heterocycles. The Labute approximate surface area is 99.6 Å². The van der Waals surface area contributed by atoms with Crippen LogP contribution in [0.3, 0.4) is 0 Å². The lowest BCUT2D eigenvalue weighted by molar-refractivity contribution is 0.231. The molecule has 0 radical (unpaired) electrons. The van der Waals surface area contributed by atoms with Crippen LogP contribution in [-0.4, -0.2) is 11.7 Å². The second kappa shape index (κ2) is 3.33. The van der Waals surface area contributed by atoms with E-state index < -0.39 is 0 Å². The molecule has 0 aromatic heterocycles. The average molecular weight is 269 g/mol. The van der Waals surface area contributed by atoms with Crippen LogP contribution in [0.2, 0.25) is 0 Å². The molecule has 1 atom stereocenters. The molecule has 1 aliphatic carbocycles. The van der Waals surface area contributed by atoms with Crippen molar-refractivity contribution in [2.45, 2.75) is 32.6 Å². The highest BCUT2D eigenvalue weighted by Gasteiger charge is 2.61. The molecule has 1 nitrogen and oxygen atoms in total. The third kappa shape index (κ3) is 1.55. The van der Waals surface area contributed by atoms with Crippen molar-refractivity contribution in [3.8, 4) is 0 Å². The van der Waals surface area contributed by atoms with Crippen molar-refractivity contribution >= 4 is 15.9 Å². The molecular formula is C13H17BrO. The Morgan fingerprint density at radius 2 is 2.00 bits per heavy atom. The number of aliphatic hydroxyl groups is 1. The molecule has 1 saturated carbocycles. The number of hydrogen-bond donors (Lipinski definition) is 1. The number of aliphatic hydroxyl groups excluding tert-OH is 1. The van der Waals surface area contributed by atoms with E-state index in [1.807, 2.05) is 0 Å². The van der Waals surface area contributed by atoms with Gasteiger partial charge in [0.2, 0.25) is 0 Å². The van der Waals surface area contributed by atoms with Crippen molar-refractivity contribution in [2.24, 2.45) is 5.41 Å². The summed E-state index contributed by atoms with van der Waals surface area (Å²) in [6.07, 6.45) is 1.08. The fraction of sp³-hybridized carbons (Fsp3) is 0.538. The van der Waals surface area contributed by atoms with E-state index in [1.54, 1.807) is 0 Å². The van der Waals surface area contributed by atoms with Crippen molar-refractivity contribution in [1.29, 1.82) is 0 Å². The molecule has 15 heavy (non-hydrogen) atoms. The molecular weight excluding hydrogens is 252 g/mol. The van der Waals surface area contributed by atoms with Crippen molar-refractivity contribution < 1.29 is 5.11 Å². The Hall–Kier alpha value is -0.340. The van der Waals surface area contributed by atoms with Crippen molar-refractivity contribution in [3.63, 3.8) is 0 Å². The fourth-order valence-corrected chi connectivity index (χ4v) is 2.83. The molecule has 1 unspecified atom stereocenters. The summed E-state index contributed by atoms with van der Waals surface area (Å²) >= 11 is 3.55. The molecule has 0 bridgehead atoms. The zero-order valence-electron chi connectivity index (χ0n) is 9.47. The molecule has 1 aromatic rings. The van der Waals surface area contributed by atoms with Gasteiger partial charge in [0.25, 0.3) is 0 Å². The molecule has 82 valence electrons. The van der Waals surface area contributed by atoms with Crippen LogP contribution in [-0.2, 0) is 5.41 Å². The van der Waals surface area contributed by atoms with E-state index in [0.29, 0.717) is 0 Å². The van der Waals surface area contributed by atoms with Crippen LogP contribution in [0.4, 0.5) is 0 Å². The number of benzene rings is 1. The SMILES string of the molecule is Cc1ccc(C2(CO)CC2(C)C)cc1Br. The predicted molar refractivity (Wildman–Crippen MR) is 66.0 cm³/mol. The van der Waals surface area contributed by atoms with Crippen LogP contribution in [0, 0.1) is 12.3 Å². The topological polar surface area (TPSA) is 20.2 Å². The molecule has 0 amide bonds. The minimum Gasteiger partial charge on any atom is -0.395 e. The van der Waals surface area contributed by atoms with Crippen LogP contribution in [0.25, 0.3) is 0 Å². The van der Waals surface area contributed by atoms with Crippen LogP contribution in [0.1, 0.15) is 31.4 Å². The van der Waals surface area contributed by atoms with Crippen LogP contribution in [0.15, 0.2) is 22.7 Å². The molecule has 1 N–H and O–H groups in total. The van der Waals surface area contributed by atoms with Gasteiger partial charge in [-0.05, 0) is 36.0 Å². The number of rotatable bonds is 2. The quantitative estimate of drug-likeness (QED) is 0.872. The van der Waals surface area contributed by atoms with Gasteiger partial charge in [-0.2, -0.15) is 0 Å². The first-order valence-electron chi connectivity index (χ1n) is 5.30. The Bertz CT molecular complexity index is 398. The third-order valence-electron chi connectivity index (χ3n) is 3.91. The highest BCUT2D eigenvalue weighted by Crippen LogP contribution is 2.64. The minimum atomic E-state index is -0.0107. The van der Waals surface area contributed by atoms with E-state index in [-0.39, 0.29) is 17.4 Å². The van der Waals surface area contributed by atoms with Crippen LogP contribution >= 0.6 is 15.9 Å². The average Bonchev–Trinajstić information content (AvgIpc) is 2.75. The summed E-state index contributed by atoms with van der Waals surface area (Å²) in [5.41, 5.74) is 2.72. The van der Waals surface area contributed by atoms with E-state index in [0.717, 1.165) is 10.9 Å². The van der Waals surface area contributed by atoms with E-state index in [4.69, 9.17) is 0 Å². The summed E-state index contributed by atoms with van der Waals surface area (Å²) in [5, 5.41) is 9.59. The van der Waals surface area contributed by atoms with Crippen LogP contribution in [0.5, 0.6) is 0 Å². The standard InChI is InChI=1S/C13H17BrO/c1-9-4-5-10(6-11(9)14)13(8-15)7-12(13,2)3/h4-6,15H,7-8H2,1-3H3. The zero-order chi connectivity index (χ0) is 11.3. The number of hydrogen-bond acceptors (Lipinski definition) is 1. The first kappa shape index (κ1) is 11.2. The molecule has 2 heteroatoms. The Morgan fingerprint density at radius 3 is 2.40 bits per heavy atom. The molecule has 1 aromatic carbocycles. The summed E-state index contributed by atoms with van der Waals surface area (Å²) < 4.78 is 1.13. The highest BCUT2D eigenvalue weighted by molar-refractivity contribution is 9.10. The van der Waals surface area contributed by atoms with E-state index in [1.165, 1.54) is 11.1 Å². The summed E-state index contributed by atoms with van der Waals surface area (Å²) in [7, 11) is 0. The number of aryl methyl sites for hydroxylation is 1. The van der Waals surface area contributed by atoms with Gasteiger partial charge in [-0.1, -0.05) is 41.9 Å². The maximum atomic E-state index is 9.59. The lowest BCUT2D eigenvalue weighted by Crippen LogP contribution is -2.19. The van der Waals surface area contributed by atoms with Gasteiger partial charge in [-0.15, -0.1) is 0 Å². The van der Waals surface area contributed by atoms with Crippen molar-refractivity contribution in [2.75, 3.05) is 6.61 Å². The summed E-state index contributed by atoms with van der Waals surface area (Å²) in [6.45, 7) is 6.76. The van der Waals surface area contributed by atoms with Gasteiger partial charge in [-0.25, -0.2) is 0 Å². The predicted octanol–water partition coefficient (Wildman–Crippen LogP) is 3.42. The molecule has 2 rings (SSSR count). The summed E-state index contributed by atoms with van der Waals surface area (Å²) in [4.78, 5) is 0. The summed E-state index contributed by atoms with van der Waals surface area (Å²) in [5.74, 6) is 0. The van der Waals surface area contributed by atoms with Gasteiger partial charge < -0.3 is 5.11 Å². The first-order chi connectivity index (χ1) is 6.93. The molecule has 0 saturated heterocycles. The van der Waals surface area contributed by atoms with Gasteiger partial charge >= 0.3 is 0 Å². The monoisotopic (exact) mass is 268 g/mol. The van der Waals surface area contributed by atoms with E-state index >= 15 is 0 Å². The second-order valence-corrected chi connectivity index (χ2v) is 6.12. The lowest BCUT2D eigenvalue weighted by atomic mass is 9.88. The minimum absolute atomic E-state index is 0.0107. The molecule has 1 aliphatic rings. The fourth-order valence-electron chi connectivity index (χ4n) is 2.45. The Balaban J connectivity index is 2.42. The van der Waals surface area contributed by atoms with Crippen molar-refractivity contribution in [1.82, 2.24) is 0 Å². The second-order valence-electron chi connectivity index (χ2n) is 5.26. The largest absolute Gasteiger partial charge is 0.395 e. The smallest absolute Gasteiger partial charge is 0.0533 e. The first-order valence-corrected chi connectivity index (χ1v) is 6.10. The number of halogens is 1. The Morgan fingerprint density at radius 1 is 1.40 bits per heavy atom. The normalized spacial score (nSPS) is 27.8. The van der Waals surface area contributed by atoms with Gasteiger partial charge in [0.15, 0.2) is 0 Å². The lowest BCUT2D eigenvalue weighted by Gasteiger charge is -2.19. The van der Waals surface area contributed by atoms with Crippen LogP contribution < -0.4 is 0 Å². The Kier molecular flexibility index (Phi) is 2.47. The third-order valence-corrected chi connectivity index (χ3v) is 4.76. The van der Waals surface area contributed by atoms with Gasteiger partial charge in [0.1, 0.15) is 0 Å². The van der Waals surface area contributed by atoms with Gasteiger partial charge in [-0.3, -0.25) is 0 Å². The van der Waals surface area contributed by atoms with Gasteiger partial charge in [0.05, 0.1) is 6.61 Å². The highest BCUT2D eigenvalue weighted by atomic mass is 79.9. The molecule has 0 spiro atoms. The van der Waals surface area contributed by atoms with E-state index in [9.17, 15) is 5.11 Å². The zero-order valence-corrected chi connectivity index (χ0v) is 11.1. The molecule has 1 fully saturated rings. The summed E-state index contributed by atoms with van der Waals surface area (Å²) in [6, 6.07) is 6.41.